The van der Waals surface area contributed by atoms with Gasteiger partial charge in [-0.15, -0.1) is 12.4 Å². The molecule has 1 fully saturated rings. The molecule has 1 amide bonds. The van der Waals surface area contributed by atoms with Crippen LogP contribution in [-0.4, -0.2) is 30.7 Å². The van der Waals surface area contributed by atoms with E-state index in [9.17, 15) is 9.90 Å². The number of halogens is 1. The second-order valence-electron chi connectivity index (χ2n) is 5.39. The molecular formula is C15H23ClN2O3. The SMILES string of the molecule is COc1ccc(O)c(C(=O)NCC2CCCC(N)C2)c1.Cl. The molecule has 0 heterocycles. The summed E-state index contributed by atoms with van der Waals surface area (Å²) in [6.07, 6.45) is 4.23. The van der Waals surface area contributed by atoms with E-state index in [1.54, 1.807) is 6.07 Å². The molecule has 5 nitrogen and oxygen atoms in total. The largest absolute Gasteiger partial charge is 0.507 e. The van der Waals surface area contributed by atoms with Crippen molar-refractivity contribution in [3.63, 3.8) is 0 Å². The summed E-state index contributed by atoms with van der Waals surface area (Å²) < 4.78 is 5.06. The second kappa shape index (κ2) is 8.10. The van der Waals surface area contributed by atoms with Crippen molar-refractivity contribution in [3.8, 4) is 11.5 Å². The molecule has 118 valence electrons. The maximum Gasteiger partial charge on any atom is 0.255 e. The summed E-state index contributed by atoms with van der Waals surface area (Å²) in [5.74, 6) is 0.660. The van der Waals surface area contributed by atoms with Crippen molar-refractivity contribution in [1.82, 2.24) is 5.32 Å². The molecule has 2 atom stereocenters. The molecule has 0 aliphatic heterocycles. The van der Waals surface area contributed by atoms with E-state index in [1.165, 1.54) is 19.2 Å². The number of methoxy groups -OCH3 is 1. The Labute approximate surface area is 131 Å². The van der Waals surface area contributed by atoms with Gasteiger partial charge in [0.05, 0.1) is 12.7 Å². The van der Waals surface area contributed by atoms with E-state index >= 15 is 0 Å². The van der Waals surface area contributed by atoms with Crippen molar-refractivity contribution >= 4 is 18.3 Å². The normalized spacial score (nSPS) is 21.2. The molecule has 21 heavy (non-hydrogen) atoms. The number of amides is 1. The maximum atomic E-state index is 12.1. The van der Waals surface area contributed by atoms with Crippen LogP contribution in [0.3, 0.4) is 0 Å². The molecule has 0 radical (unpaired) electrons. The van der Waals surface area contributed by atoms with Gasteiger partial charge in [0.2, 0.25) is 0 Å². The van der Waals surface area contributed by atoms with Crippen LogP contribution in [0.4, 0.5) is 0 Å². The topological polar surface area (TPSA) is 84.6 Å². The zero-order valence-corrected chi connectivity index (χ0v) is 13.0. The smallest absolute Gasteiger partial charge is 0.255 e. The standard InChI is InChI=1S/C15H22N2O3.ClH/c1-20-12-5-6-14(18)13(8-12)15(19)17-9-10-3-2-4-11(16)7-10;/h5-6,8,10-11,18H,2-4,7,9,16H2,1H3,(H,17,19);1H. The molecule has 1 aromatic carbocycles. The van der Waals surface area contributed by atoms with Gasteiger partial charge in [0.1, 0.15) is 11.5 Å². The number of carbonyl (C=O) groups is 1. The Morgan fingerprint density at radius 1 is 1.48 bits per heavy atom. The van der Waals surface area contributed by atoms with Crippen LogP contribution in [0.25, 0.3) is 0 Å². The van der Waals surface area contributed by atoms with Crippen molar-refractivity contribution < 1.29 is 14.6 Å². The highest BCUT2D eigenvalue weighted by Gasteiger charge is 2.20. The number of phenolic OH excluding ortho intramolecular Hbond substituents is 1. The third kappa shape index (κ3) is 4.79. The molecule has 2 unspecified atom stereocenters. The van der Waals surface area contributed by atoms with E-state index in [4.69, 9.17) is 10.5 Å². The fourth-order valence-electron chi connectivity index (χ4n) is 2.67. The molecule has 0 saturated heterocycles. The van der Waals surface area contributed by atoms with Gasteiger partial charge in [0.25, 0.3) is 5.91 Å². The number of hydrogen-bond acceptors (Lipinski definition) is 4. The molecule has 2 rings (SSSR count). The molecular weight excluding hydrogens is 292 g/mol. The molecule has 1 saturated carbocycles. The summed E-state index contributed by atoms with van der Waals surface area (Å²) in [5.41, 5.74) is 6.18. The van der Waals surface area contributed by atoms with Gasteiger partial charge < -0.3 is 20.9 Å². The quantitative estimate of drug-likeness (QED) is 0.794. The van der Waals surface area contributed by atoms with E-state index < -0.39 is 0 Å². The van der Waals surface area contributed by atoms with E-state index in [-0.39, 0.29) is 35.7 Å². The number of hydrogen-bond donors (Lipinski definition) is 3. The van der Waals surface area contributed by atoms with Crippen molar-refractivity contribution in [3.05, 3.63) is 23.8 Å². The monoisotopic (exact) mass is 314 g/mol. The zero-order chi connectivity index (χ0) is 14.5. The number of nitrogens with two attached hydrogens (primary N) is 1. The summed E-state index contributed by atoms with van der Waals surface area (Å²) in [7, 11) is 1.53. The summed E-state index contributed by atoms with van der Waals surface area (Å²) >= 11 is 0. The van der Waals surface area contributed by atoms with Crippen LogP contribution in [0, 0.1) is 5.92 Å². The molecule has 1 aliphatic rings. The number of nitrogens with one attached hydrogen (secondary N) is 1. The van der Waals surface area contributed by atoms with Crippen LogP contribution in [-0.2, 0) is 0 Å². The van der Waals surface area contributed by atoms with E-state index in [0.29, 0.717) is 18.2 Å². The maximum absolute atomic E-state index is 12.1. The van der Waals surface area contributed by atoms with Crippen LogP contribution in [0.2, 0.25) is 0 Å². The van der Waals surface area contributed by atoms with Crippen LogP contribution in [0.1, 0.15) is 36.0 Å². The Kier molecular flexibility index (Phi) is 6.78. The average Bonchev–Trinajstić information content (AvgIpc) is 2.45. The minimum atomic E-state index is -0.277. The van der Waals surface area contributed by atoms with Crippen LogP contribution >= 0.6 is 12.4 Å². The third-order valence-corrected chi connectivity index (χ3v) is 3.82. The molecule has 1 aliphatic carbocycles. The summed E-state index contributed by atoms with van der Waals surface area (Å²) in [5, 5.41) is 12.6. The summed E-state index contributed by atoms with van der Waals surface area (Å²) in [6, 6.07) is 4.87. The van der Waals surface area contributed by atoms with Gasteiger partial charge in [0, 0.05) is 12.6 Å². The van der Waals surface area contributed by atoms with E-state index in [2.05, 4.69) is 5.32 Å². The van der Waals surface area contributed by atoms with Crippen molar-refractivity contribution in [2.24, 2.45) is 11.7 Å². The lowest BCUT2D eigenvalue weighted by Gasteiger charge is -2.26. The van der Waals surface area contributed by atoms with E-state index in [0.717, 1.165) is 25.7 Å². The lowest BCUT2D eigenvalue weighted by atomic mass is 9.86. The Morgan fingerprint density at radius 3 is 2.90 bits per heavy atom. The third-order valence-electron chi connectivity index (χ3n) is 3.82. The lowest BCUT2D eigenvalue weighted by Crippen LogP contribution is -2.35. The number of carbonyl (C=O) groups excluding carboxylic acids is 1. The molecule has 0 spiro atoms. The Hall–Kier alpha value is -1.46. The summed E-state index contributed by atoms with van der Waals surface area (Å²) in [6.45, 7) is 0.600. The first kappa shape index (κ1) is 17.6. The Balaban J connectivity index is 0.00000220. The number of rotatable bonds is 4. The van der Waals surface area contributed by atoms with Crippen molar-refractivity contribution in [2.45, 2.75) is 31.7 Å². The number of phenols is 1. The molecule has 0 aromatic heterocycles. The lowest BCUT2D eigenvalue weighted by molar-refractivity contribution is 0.0939. The molecule has 1 aromatic rings. The van der Waals surface area contributed by atoms with Crippen LogP contribution in [0.15, 0.2) is 18.2 Å². The van der Waals surface area contributed by atoms with Gasteiger partial charge in [-0.2, -0.15) is 0 Å². The number of ether oxygens (including phenoxy) is 1. The number of benzene rings is 1. The van der Waals surface area contributed by atoms with Crippen molar-refractivity contribution in [1.29, 1.82) is 0 Å². The van der Waals surface area contributed by atoms with Crippen LogP contribution in [0.5, 0.6) is 11.5 Å². The van der Waals surface area contributed by atoms with Crippen molar-refractivity contribution in [2.75, 3.05) is 13.7 Å². The van der Waals surface area contributed by atoms with Gasteiger partial charge in [-0.3, -0.25) is 4.79 Å². The van der Waals surface area contributed by atoms with Crippen LogP contribution < -0.4 is 15.8 Å². The van der Waals surface area contributed by atoms with Gasteiger partial charge in [-0.05, 0) is 43.4 Å². The first-order valence-electron chi connectivity index (χ1n) is 7.01. The second-order valence-corrected chi connectivity index (χ2v) is 5.39. The Bertz CT molecular complexity index is 482. The number of aromatic hydroxyl groups is 1. The van der Waals surface area contributed by atoms with Gasteiger partial charge in [-0.1, -0.05) is 6.42 Å². The zero-order valence-electron chi connectivity index (χ0n) is 12.2. The first-order chi connectivity index (χ1) is 9.60. The Morgan fingerprint density at radius 2 is 2.24 bits per heavy atom. The average molecular weight is 315 g/mol. The van der Waals surface area contributed by atoms with E-state index in [1.807, 2.05) is 0 Å². The predicted molar refractivity (Wildman–Crippen MR) is 84.2 cm³/mol. The predicted octanol–water partition coefficient (Wildman–Crippen LogP) is 2.07. The molecule has 0 bridgehead atoms. The highest BCUT2D eigenvalue weighted by Crippen LogP contribution is 2.24. The minimum absolute atomic E-state index is 0. The molecule has 6 heteroatoms. The van der Waals surface area contributed by atoms with Gasteiger partial charge in [-0.25, -0.2) is 0 Å². The highest BCUT2D eigenvalue weighted by atomic mass is 35.5. The summed E-state index contributed by atoms with van der Waals surface area (Å²) in [4.78, 5) is 12.1. The highest BCUT2D eigenvalue weighted by molar-refractivity contribution is 5.97. The first-order valence-corrected chi connectivity index (χ1v) is 7.01. The van der Waals surface area contributed by atoms with Gasteiger partial charge in [0.15, 0.2) is 0 Å². The molecule has 4 N–H and O–H groups in total. The minimum Gasteiger partial charge on any atom is -0.507 e. The fourth-order valence-corrected chi connectivity index (χ4v) is 2.67. The fraction of sp³-hybridized carbons (Fsp3) is 0.533. The van der Waals surface area contributed by atoms with Gasteiger partial charge >= 0.3 is 0 Å².